The van der Waals surface area contributed by atoms with Gasteiger partial charge in [-0.3, -0.25) is 4.98 Å². The molecule has 2 N–H and O–H groups in total. The van der Waals surface area contributed by atoms with E-state index in [2.05, 4.69) is 10.3 Å². The van der Waals surface area contributed by atoms with Crippen LogP contribution in [0.5, 0.6) is 0 Å². The standard InChI is InChI=1S/C21H19ClN2O4S/c22-14-5-6-18-16(11-14)20(24-19-4-2-1-3-15(19)21(25)26)17(12-23-18)13-7-9-29(27,28)10-8-13/h1-6,11-13H,7-10H2,(H,23,24)(H,25,26). The van der Waals surface area contributed by atoms with Gasteiger partial charge in [0.1, 0.15) is 9.84 Å². The van der Waals surface area contributed by atoms with Crippen molar-refractivity contribution < 1.29 is 18.3 Å². The number of benzene rings is 2. The molecule has 1 saturated heterocycles. The number of para-hydroxylation sites is 1. The van der Waals surface area contributed by atoms with Crippen molar-refractivity contribution in [2.24, 2.45) is 0 Å². The van der Waals surface area contributed by atoms with Gasteiger partial charge in [0.2, 0.25) is 0 Å². The van der Waals surface area contributed by atoms with Crippen LogP contribution in [0.4, 0.5) is 11.4 Å². The van der Waals surface area contributed by atoms with Gasteiger partial charge in [-0.1, -0.05) is 23.7 Å². The van der Waals surface area contributed by atoms with Gasteiger partial charge in [0.25, 0.3) is 0 Å². The predicted molar refractivity (Wildman–Crippen MR) is 114 cm³/mol. The Morgan fingerprint density at radius 2 is 1.86 bits per heavy atom. The van der Waals surface area contributed by atoms with Gasteiger partial charge in [0, 0.05) is 16.6 Å². The van der Waals surface area contributed by atoms with Crippen molar-refractivity contribution in [2.75, 3.05) is 16.8 Å². The van der Waals surface area contributed by atoms with Crippen molar-refractivity contribution in [3.8, 4) is 0 Å². The Labute approximate surface area is 173 Å². The fourth-order valence-corrected chi connectivity index (χ4v) is 5.41. The zero-order valence-corrected chi connectivity index (χ0v) is 17.0. The molecule has 0 bridgehead atoms. The number of nitrogens with zero attached hydrogens (tertiary/aromatic N) is 1. The number of carboxylic acid groups (broad SMARTS) is 1. The molecule has 0 amide bonds. The topological polar surface area (TPSA) is 96.4 Å². The van der Waals surface area contributed by atoms with Gasteiger partial charge in [-0.15, -0.1) is 0 Å². The molecule has 4 rings (SSSR count). The molecular formula is C21H19ClN2O4S. The third-order valence-electron chi connectivity index (χ3n) is 5.27. The second-order valence-electron chi connectivity index (χ2n) is 7.15. The lowest BCUT2D eigenvalue weighted by molar-refractivity contribution is 0.0698. The van der Waals surface area contributed by atoms with E-state index in [4.69, 9.17) is 11.6 Å². The minimum atomic E-state index is -3.00. The third kappa shape index (κ3) is 4.06. The quantitative estimate of drug-likeness (QED) is 0.626. The van der Waals surface area contributed by atoms with Crippen molar-refractivity contribution in [1.82, 2.24) is 4.98 Å². The van der Waals surface area contributed by atoms with Crippen LogP contribution in [0.15, 0.2) is 48.7 Å². The number of sulfone groups is 1. The highest BCUT2D eigenvalue weighted by molar-refractivity contribution is 7.91. The van der Waals surface area contributed by atoms with Crippen molar-refractivity contribution in [3.63, 3.8) is 0 Å². The number of carboxylic acids is 1. The molecule has 0 atom stereocenters. The highest BCUT2D eigenvalue weighted by atomic mass is 35.5. The molecule has 0 saturated carbocycles. The number of hydrogen-bond donors (Lipinski definition) is 2. The molecule has 0 aliphatic carbocycles. The van der Waals surface area contributed by atoms with Crippen molar-refractivity contribution in [3.05, 3.63) is 64.8 Å². The van der Waals surface area contributed by atoms with E-state index in [1.165, 1.54) is 6.07 Å². The minimum Gasteiger partial charge on any atom is -0.478 e. The summed E-state index contributed by atoms with van der Waals surface area (Å²) in [5.74, 6) is -0.754. The van der Waals surface area contributed by atoms with Crippen LogP contribution < -0.4 is 5.32 Å². The van der Waals surface area contributed by atoms with E-state index in [0.717, 1.165) is 22.2 Å². The summed E-state index contributed by atoms with van der Waals surface area (Å²) >= 11 is 6.22. The summed E-state index contributed by atoms with van der Waals surface area (Å²) in [6.07, 6.45) is 2.77. The molecule has 29 heavy (non-hydrogen) atoms. The summed E-state index contributed by atoms with van der Waals surface area (Å²) in [5.41, 5.74) is 2.91. The first-order valence-corrected chi connectivity index (χ1v) is 11.4. The number of aromatic carboxylic acids is 1. The van der Waals surface area contributed by atoms with Crippen LogP contribution in [0, 0.1) is 0 Å². The van der Waals surface area contributed by atoms with Crippen molar-refractivity contribution >= 4 is 49.7 Å². The van der Waals surface area contributed by atoms with Gasteiger partial charge < -0.3 is 10.4 Å². The van der Waals surface area contributed by atoms with Gasteiger partial charge in [0.05, 0.1) is 34.0 Å². The molecule has 0 spiro atoms. The van der Waals surface area contributed by atoms with E-state index in [1.807, 2.05) is 0 Å². The van der Waals surface area contributed by atoms with E-state index >= 15 is 0 Å². The number of anilines is 2. The Morgan fingerprint density at radius 3 is 2.59 bits per heavy atom. The molecule has 0 unspecified atom stereocenters. The lowest BCUT2D eigenvalue weighted by atomic mass is 9.91. The molecular weight excluding hydrogens is 412 g/mol. The number of pyridine rings is 1. The first-order valence-electron chi connectivity index (χ1n) is 9.22. The van der Waals surface area contributed by atoms with E-state index < -0.39 is 15.8 Å². The van der Waals surface area contributed by atoms with E-state index in [0.29, 0.717) is 23.6 Å². The van der Waals surface area contributed by atoms with E-state index in [9.17, 15) is 18.3 Å². The molecule has 150 valence electrons. The first kappa shape index (κ1) is 19.7. The lowest BCUT2D eigenvalue weighted by Gasteiger charge is -2.25. The Bertz CT molecular complexity index is 1200. The average Bonchev–Trinajstić information content (AvgIpc) is 2.69. The van der Waals surface area contributed by atoms with E-state index in [1.54, 1.807) is 42.6 Å². The molecule has 1 aromatic heterocycles. The van der Waals surface area contributed by atoms with E-state index in [-0.39, 0.29) is 23.0 Å². The van der Waals surface area contributed by atoms with Crippen LogP contribution in [0.3, 0.4) is 0 Å². The van der Waals surface area contributed by atoms with Crippen LogP contribution in [0.25, 0.3) is 10.9 Å². The molecule has 2 heterocycles. The van der Waals surface area contributed by atoms with Gasteiger partial charge in [-0.2, -0.15) is 0 Å². The minimum absolute atomic E-state index is 0.00824. The van der Waals surface area contributed by atoms with Crippen molar-refractivity contribution in [2.45, 2.75) is 18.8 Å². The molecule has 6 nitrogen and oxygen atoms in total. The van der Waals surface area contributed by atoms with Gasteiger partial charge in [-0.25, -0.2) is 13.2 Å². The molecule has 1 fully saturated rings. The van der Waals surface area contributed by atoms with Crippen molar-refractivity contribution in [1.29, 1.82) is 0 Å². The van der Waals surface area contributed by atoms with Gasteiger partial charge in [0.15, 0.2) is 0 Å². The van der Waals surface area contributed by atoms with Crippen LogP contribution in [0.2, 0.25) is 5.02 Å². The van der Waals surface area contributed by atoms with Gasteiger partial charge >= 0.3 is 5.97 Å². The van der Waals surface area contributed by atoms with Crippen LogP contribution in [-0.4, -0.2) is 36.0 Å². The number of fused-ring (bicyclic) bond motifs is 1. The first-order chi connectivity index (χ1) is 13.8. The SMILES string of the molecule is O=C(O)c1ccccc1Nc1c(C2CCS(=O)(=O)CC2)cnc2ccc(Cl)cc12. The number of rotatable bonds is 4. The number of carbonyl (C=O) groups is 1. The molecule has 3 aromatic rings. The second kappa shape index (κ2) is 7.65. The largest absolute Gasteiger partial charge is 0.478 e. The smallest absolute Gasteiger partial charge is 0.337 e. The van der Waals surface area contributed by atoms with Crippen LogP contribution in [0.1, 0.15) is 34.7 Å². The summed E-state index contributed by atoms with van der Waals surface area (Å²) in [4.78, 5) is 16.2. The molecule has 0 radical (unpaired) electrons. The third-order valence-corrected chi connectivity index (χ3v) is 7.22. The summed E-state index contributed by atoms with van der Waals surface area (Å²) in [6, 6.07) is 12.0. The maximum absolute atomic E-state index is 11.9. The number of halogens is 1. The van der Waals surface area contributed by atoms with Crippen LogP contribution in [-0.2, 0) is 9.84 Å². The summed E-state index contributed by atoms with van der Waals surface area (Å²) in [6.45, 7) is 0. The fourth-order valence-electron chi connectivity index (χ4n) is 3.74. The van der Waals surface area contributed by atoms with Crippen LogP contribution >= 0.6 is 11.6 Å². The second-order valence-corrected chi connectivity index (χ2v) is 9.89. The summed E-state index contributed by atoms with van der Waals surface area (Å²) < 4.78 is 23.7. The normalized spacial score (nSPS) is 16.6. The summed E-state index contributed by atoms with van der Waals surface area (Å²) in [7, 11) is -3.00. The Morgan fingerprint density at radius 1 is 1.14 bits per heavy atom. The monoisotopic (exact) mass is 430 g/mol. The Kier molecular flexibility index (Phi) is 5.19. The molecule has 8 heteroatoms. The number of nitrogens with one attached hydrogen (secondary N) is 1. The Hall–Kier alpha value is -2.64. The highest BCUT2D eigenvalue weighted by Gasteiger charge is 2.27. The lowest BCUT2D eigenvalue weighted by Crippen LogP contribution is -2.22. The maximum Gasteiger partial charge on any atom is 0.337 e. The zero-order chi connectivity index (χ0) is 20.6. The summed E-state index contributed by atoms with van der Waals surface area (Å²) in [5, 5.41) is 14.1. The average molecular weight is 431 g/mol. The fraction of sp³-hybridized carbons (Fsp3) is 0.238. The van der Waals surface area contributed by atoms with Gasteiger partial charge in [-0.05, 0) is 54.7 Å². The predicted octanol–water partition coefficient (Wildman–Crippen LogP) is 4.62. The highest BCUT2D eigenvalue weighted by Crippen LogP contribution is 2.39. The molecule has 1 aliphatic heterocycles. The molecule has 1 aliphatic rings. The number of hydrogen-bond acceptors (Lipinski definition) is 5. The molecule has 2 aromatic carbocycles. The number of aromatic nitrogens is 1. The Balaban J connectivity index is 1.86. The zero-order valence-electron chi connectivity index (χ0n) is 15.4. The maximum atomic E-state index is 11.9.